The molecule has 4 heteroatoms. The number of fused-ring (bicyclic) bond motifs is 2. The van der Waals surface area contributed by atoms with Gasteiger partial charge in [0.2, 0.25) is 0 Å². The fourth-order valence-electron chi connectivity index (χ4n) is 3.77. The molecule has 1 aliphatic rings. The van der Waals surface area contributed by atoms with Crippen LogP contribution >= 0.6 is 0 Å². The van der Waals surface area contributed by atoms with Crippen molar-refractivity contribution in [1.82, 2.24) is 0 Å². The fourth-order valence-corrected chi connectivity index (χ4v) is 3.77. The zero-order valence-corrected chi connectivity index (χ0v) is 15.0. The second-order valence-electron chi connectivity index (χ2n) is 7.07. The van der Waals surface area contributed by atoms with Gasteiger partial charge in [-0.1, -0.05) is 54.1 Å². The van der Waals surface area contributed by atoms with E-state index in [2.05, 4.69) is 6.07 Å². The SMILES string of the molecule is Cc1ccc2cc3ccccc3c(OC(=O)C3CC=CCC3C(=O)O)c2c1. The molecule has 0 bridgehead atoms. The van der Waals surface area contributed by atoms with Gasteiger partial charge in [0, 0.05) is 10.8 Å². The number of carbonyl (C=O) groups is 2. The van der Waals surface area contributed by atoms with E-state index in [4.69, 9.17) is 4.74 Å². The quantitative estimate of drug-likeness (QED) is 0.313. The summed E-state index contributed by atoms with van der Waals surface area (Å²) in [6.45, 7) is 1.99. The second kappa shape index (κ2) is 6.88. The van der Waals surface area contributed by atoms with Crippen LogP contribution in [0.5, 0.6) is 5.75 Å². The van der Waals surface area contributed by atoms with Gasteiger partial charge in [0.15, 0.2) is 0 Å². The smallest absolute Gasteiger partial charge is 0.315 e. The van der Waals surface area contributed by atoms with E-state index in [1.54, 1.807) is 0 Å². The lowest BCUT2D eigenvalue weighted by atomic mass is 9.83. The molecule has 27 heavy (non-hydrogen) atoms. The molecule has 0 saturated heterocycles. The maximum absolute atomic E-state index is 12.9. The average molecular weight is 360 g/mol. The monoisotopic (exact) mass is 360 g/mol. The summed E-state index contributed by atoms with van der Waals surface area (Å²) in [6, 6.07) is 15.9. The molecule has 4 rings (SSSR count). The molecule has 0 amide bonds. The normalized spacial score (nSPS) is 19.3. The average Bonchev–Trinajstić information content (AvgIpc) is 2.68. The van der Waals surface area contributed by atoms with Gasteiger partial charge in [-0.3, -0.25) is 9.59 Å². The van der Waals surface area contributed by atoms with E-state index in [0.29, 0.717) is 18.6 Å². The number of hydrogen-bond acceptors (Lipinski definition) is 3. The molecule has 0 spiro atoms. The minimum Gasteiger partial charge on any atom is -0.481 e. The first-order valence-electron chi connectivity index (χ1n) is 9.06. The zero-order chi connectivity index (χ0) is 19.0. The second-order valence-corrected chi connectivity index (χ2v) is 7.07. The highest BCUT2D eigenvalue weighted by molar-refractivity contribution is 6.06. The van der Waals surface area contributed by atoms with Crippen LogP contribution in [0.3, 0.4) is 0 Å². The molecule has 0 fully saturated rings. The summed E-state index contributed by atoms with van der Waals surface area (Å²) in [4.78, 5) is 24.5. The van der Waals surface area contributed by atoms with Crippen LogP contribution in [0, 0.1) is 18.8 Å². The zero-order valence-electron chi connectivity index (χ0n) is 15.0. The molecule has 3 aromatic carbocycles. The molecule has 2 atom stereocenters. The molecule has 0 heterocycles. The van der Waals surface area contributed by atoms with Crippen molar-refractivity contribution in [2.45, 2.75) is 19.8 Å². The number of benzene rings is 3. The Labute approximate surface area is 157 Å². The fraction of sp³-hybridized carbons (Fsp3) is 0.217. The Kier molecular flexibility index (Phi) is 4.40. The van der Waals surface area contributed by atoms with Crippen molar-refractivity contribution in [1.29, 1.82) is 0 Å². The summed E-state index contributed by atoms with van der Waals surface area (Å²) < 4.78 is 5.88. The minimum atomic E-state index is -0.958. The van der Waals surface area contributed by atoms with Crippen LogP contribution in [0.1, 0.15) is 18.4 Å². The van der Waals surface area contributed by atoms with Gasteiger partial charge in [0.05, 0.1) is 11.8 Å². The summed E-state index contributed by atoms with van der Waals surface area (Å²) in [6.07, 6.45) is 4.41. The van der Waals surface area contributed by atoms with Gasteiger partial charge in [-0.15, -0.1) is 0 Å². The van der Waals surface area contributed by atoms with Gasteiger partial charge in [-0.25, -0.2) is 0 Å². The van der Waals surface area contributed by atoms with E-state index in [-0.39, 0.29) is 0 Å². The van der Waals surface area contributed by atoms with Crippen LogP contribution in [0.15, 0.2) is 60.7 Å². The molecule has 1 aliphatic carbocycles. The molecule has 0 radical (unpaired) electrons. The number of carboxylic acids is 1. The number of allylic oxidation sites excluding steroid dienone is 2. The van der Waals surface area contributed by atoms with Crippen LogP contribution in [-0.2, 0) is 9.59 Å². The maximum atomic E-state index is 12.9. The molecular weight excluding hydrogens is 340 g/mol. The maximum Gasteiger partial charge on any atom is 0.315 e. The van der Waals surface area contributed by atoms with Crippen LogP contribution in [0.25, 0.3) is 21.5 Å². The minimum absolute atomic E-state index is 0.352. The van der Waals surface area contributed by atoms with Crippen molar-refractivity contribution in [3.05, 3.63) is 66.2 Å². The summed E-state index contributed by atoms with van der Waals surface area (Å²) >= 11 is 0. The lowest BCUT2D eigenvalue weighted by Crippen LogP contribution is -2.33. The first kappa shape index (κ1) is 17.3. The lowest BCUT2D eigenvalue weighted by Gasteiger charge is -2.24. The molecule has 1 N–H and O–H groups in total. The Morgan fingerprint density at radius 3 is 2.41 bits per heavy atom. The van der Waals surface area contributed by atoms with Crippen molar-refractivity contribution in [2.24, 2.45) is 11.8 Å². The largest absolute Gasteiger partial charge is 0.481 e. The number of hydrogen-bond donors (Lipinski definition) is 1. The Bertz CT molecular complexity index is 1080. The topological polar surface area (TPSA) is 63.6 Å². The van der Waals surface area contributed by atoms with Crippen molar-refractivity contribution in [2.75, 3.05) is 0 Å². The molecule has 136 valence electrons. The summed E-state index contributed by atoms with van der Waals surface area (Å²) in [5, 5.41) is 13.1. The highest BCUT2D eigenvalue weighted by Crippen LogP contribution is 2.37. The third kappa shape index (κ3) is 3.19. The van der Waals surface area contributed by atoms with Crippen LogP contribution in [0.4, 0.5) is 0 Å². The standard InChI is InChI=1S/C23H20O4/c1-14-10-11-16-13-15-6-2-3-7-17(15)21(20(16)12-14)27-23(26)19-9-5-4-8-18(19)22(24)25/h2-7,10-13,18-19H,8-9H2,1H3,(H,24,25). The molecular formula is C23H20O4. The highest BCUT2D eigenvalue weighted by Gasteiger charge is 2.35. The number of aliphatic carboxylic acids is 1. The first-order chi connectivity index (χ1) is 13.0. The van der Waals surface area contributed by atoms with Crippen LogP contribution < -0.4 is 4.74 Å². The number of rotatable bonds is 3. The highest BCUT2D eigenvalue weighted by atomic mass is 16.5. The summed E-state index contributed by atoms with van der Waals surface area (Å²) in [5.41, 5.74) is 1.07. The van der Waals surface area contributed by atoms with Gasteiger partial charge in [-0.2, -0.15) is 0 Å². The number of carbonyl (C=O) groups excluding carboxylic acids is 1. The number of aryl methyl sites for hydroxylation is 1. The van der Waals surface area contributed by atoms with E-state index in [1.807, 2.05) is 61.5 Å². The first-order valence-corrected chi connectivity index (χ1v) is 9.06. The molecule has 0 saturated carbocycles. The number of ether oxygens (including phenoxy) is 1. The van der Waals surface area contributed by atoms with E-state index >= 15 is 0 Å². The Morgan fingerprint density at radius 1 is 0.926 bits per heavy atom. The molecule has 0 aromatic heterocycles. The third-order valence-corrected chi connectivity index (χ3v) is 5.22. The summed E-state index contributed by atoms with van der Waals surface area (Å²) in [7, 11) is 0. The summed E-state index contributed by atoms with van der Waals surface area (Å²) in [5.74, 6) is -2.35. The predicted molar refractivity (Wildman–Crippen MR) is 105 cm³/mol. The van der Waals surface area contributed by atoms with Gasteiger partial charge < -0.3 is 9.84 Å². The van der Waals surface area contributed by atoms with E-state index < -0.39 is 23.8 Å². The molecule has 0 aliphatic heterocycles. The third-order valence-electron chi connectivity index (χ3n) is 5.22. The lowest BCUT2D eigenvalue weighted by molar-refractivity contribution is -0.152. The predicted octanol–water partition coefficient (Wildman–Crippen LogP) is 4.87. The Balaban J connectivity index is 1.82. The number of esters is 1. The van der Waals surface area contributed by atoms with Crippen LogP contribution in [0.2, 0.25) is 0 Å². The molecule has 3 aromatic rings. The van der Waals surface area contributed by atoms with E-state index in [0.717, 1.165) is 27.1 Å². The van der Waals surface area contributed by atoms with Gasteiger partial charge in [0.1, 0.15) is 5.75 Å². The van der Waals surface area contributed by atoms with Gasteiger partial charge in [0.25, 0.3) is 0 Å². The Hall–Kier alpha value is -3.14. The van der Waals surface area contributed by atoms with Crippen molar-refractivity contribution in [3.8, 4) is 5.75 Å². The van der Waals surface area contributed by atoms with E-state index in [9.17, 15) is 14.7 Å². The van der Waals surface area contributed by atoms with Gasteiger partial charge in [-0.05, 0) is 42.7 Å². The molecule has 2 unspecified atom stereocenters. The van der Waals surface area contributed by atoms with E-state index in [1.165, 1.54) is 0 Å². The van der Waals surface area contributed by atoms with Crippen LogP contribution in [-0.4, -0.2) is 17.0 Å². The van der Waals surface area contributed by atoms with Gasteiger partial charge >= 0.3 is 11.9 Å². The Morgan fingerprint density at radius 2 is 1.63 bits per heavy atom. The molecule has 4 nitrogen and oxygen atoms in total. The van der Waals surface area contributed by atoms with Crippen molar-refractivity contribution < 1.29 is 19.4 Å². The van der Waals surface area contributed by atoms with Crippen molar-refractivity contribution >= 4 is 33.5 Å². The number of carboxylic acid groups (broad SMARTS) is 1. The van der Waals surface area contributed by atoms with Crippen molar-refractivity contribution in [3.63, 3.8) is 0 Å².